The number of ether oxygens (including phenoxy) is 1. The Morgan fingerprint density at radius 3 is 2.77 bits per heavy atom. The maximum Gasteiger partial charge on any atom is 0.411 e. The van der Waals surface area contributed by atoms with Gasteiger partial charge in [-0.25, -0.2) is 9.59 Å². The van der Waals surface area contributed by atoms with Gasteiger partial charge in [-0.1, -0.05) is 30.3 Å². The fourth-order valence-corrected chi connectivity index (χ4v) is 2.56. The number of amides is 1. The molecular formula is C15H15N3O4. The van der Waals surface area contributed by atoms with E-state index in [1.807, 2.05) is 30.3 Å². The third kappa shape index (κ3) is 2.41. The minimum atomic E-state index is -1.09. The summed E-state index contributed by atoms with van der Waals surface area (Å²) in [5.74, 6) is -1.09. The summed E-state index contributed by atoms with van der Waals surface area (Å²) in [6.07, 6.45) is 0.839. The van der Waals surface area contributed by atoms with Gasteiger partial charge >= 0.3 is 12.1 Å². The summed E-state index contributed by atoms with van der Waals surface area (Å²) in [5.41, 5.74) is 2.09. The van der Waals surface area contributed by atoms with Crippen LogP contribution in [0, 0.1) is 0 Å². The van der Waals surface area contributed by atoms with Crippen LogP contribution in [0.15, 0.2) is 36.5 Å². The summed E-state index contributed by atoms with van der Waals surface area (Å²) in [6, 6.07) is 8.19. The van der Waals surface area contributed by atoms with Crippen molar-refractivity contribution in [2.45, 2.75) is 19.2 Å². The van der Waals surface area contributed by atoms with Crippen LogP contribution in [0.4, 0.5) is 4.79 Å². The molecule has 0 radical (unpaired) electrons. The van der Waals surface area contributed by atoms with Crippen LogP contribution < -0.4 is 0 Å². The molecule has 0 spiro atoms. The average molecular weight is 301 g/mol. The zero-order chi connectivity index (χ0) is 15.7. The molecule has 1 aromatic carbocycles. The van der Waals surface area contributed by atoms with Gasteiger partial charge in [0, 0.05) is 12.6 Å². The van der Waals surface area contributed by atoms with Crippen molar-refractivity contribution in [3.8, 4) is 0 Å². The topological polar surface area (TPSA) is 84.7 Å². The highest BCUT2D eigenvalue weighted by molar-refractivity contribution is 5.83. The summed E-state index contributed by atoms with van der Waals surface area (Å²) in [4.78, 5) is 24.9. The SMILES string of the molecule is Cn1ncc2c1CN(C(=O)OCc1ccccc1)C2C(=O)O. The zero-order valence-electron chi connectivity index (χ0n) is 12.0. The molecule has 114 valence electrons. The van der Waals surface area contributed by atoms with E-state index in [4.69, 9.17) is 4.74 Å². The number of hydrogen-bond donors (Lipinski definition) is 1. The molecule has 1 atom stereocenters. The maximum atomic E-state index is 12.2. The average Bonchev–Trinajstić information content (AvgIpc) is 3.06. The fourth-order valence-electron chi connectivity index (χ4n) is 2.56. The molecule has 0 aliphatic carbocycles. The largest absolute Gasteiger partial charge is 0.479 e. The molecule has 0 saturated heterocycles. The third-order valence-corrected chi connectivity index (χ3v) is 3.69. The first-order chi connectivity index (χ1) is 10.6. The predicted molar refractivity (Wildman–Crippen MR) is 75.8 cm³/mol. The molecule has 1 unspecified atom stereocenters. The normalized spacial score (nSPS) is 16.4. The van der Waals surface area contributed by atoms with Crippen LogP contribution in [0.5, 0.6) is 0 Å². The van der Waals surface area contributed by atoms with E-state index in [0.717, 1.165) is 5.56 Å². The van der Waals surface area contributed by atoms with Crippen molar-refractivity contribution in [3.05, 3.63) is 53.3 Å². The third-order valence-electron chi connectivity index (χ3n) is 3.69. The molecule has 3 rings (SSSR count). The molecule has 0 bridgehead atoms. The second kappa shape index (κ2) is 5.51. The molecule has 2 heterocycles. The van der Waals surface area contributed by atoms with Crippen LogP contribution in [0.2, 0.25) is 0 Å². The van der Waals surface area contributed by atoms with Gasteiger partial charge in [-0.15, -0.1) is 0 Å². The number of fused-ring (bicyclic) bond motifs is 1. The van der Waals surface area contributed by atoms with Crippen LogP contribution >= 0.6 is 0 Å². The number of carboxylic acids is 1. The van der Waals surface area contributed by atoms with Crippen LogP contribution in [0.3, 0.4) is 0 Å². The summed E-state index contributed by atoms with van der Waals surface area (Å²) in [7, 11) is 1.72. The number of benzene rings is 1. The maximum absolute atomic E-state index is 12.2. The van der Waals surface area contributed by atoms with Gasteiger partial charge < -0.3 is 9.84 Å². The van der Waals surface area contributed by atoms with E-state index in [1.165, 1.54) is 11.1 Å². The lowest BCUT2D eigenvalue weighted by Gasteiger charge is -2.21. The number of carbonyl (C=O) groups is 2. The minimum Gasteiger partial charge on any atom is -0.479 e. The van der Waals surface area contributed by atoms with Gasteiger partial charge in [0.25, 0.3) is 0 Å². The second-order valence-electron chi connectivity index (χ2n) is 5.08. The van der Waals surface area contributed by atoms with Gasteiger partial charge in [0.2, 0.25) is 0 Å². The Labute approximate surface area is 126 Å². The molecule has 0 fully saturated rings. The number of aliphatic carboxylic acids is 1. The second-order valence-corrected chi connectivity index (χ2v) is 5.08. The molecule has 1 N–H and O–H groups in total. The van der Waals surface area contributed by atoms with E-state index in [-0.39, 0.29) is 13.2 Å². The lowest BCUT2D eigenvalue weighted by atomic mass is 10.1. The molecule has 7 heteroatoms. The molecule has 1 aliphatic rings. The molecule has 1 aliphatic heterocycles. The Balaban J connectivity index is 1.74. The summed E-state index contributed by atoms with van der Waals surface area (Å²) >= 11 is 0. The van der Waals surface area contributed by atoms with Gasteiger partial charge in [-0.3, -0.25) is 9.58 Å². The standard InChI is InChI=1S/C15H15N3O4/c1-17-12-8-18(13(14(19)20)11(12)7-16-17)15(21)22-9-10-5-3-2-4-6-10/h2-7,13H,8-9H2,1H3,(H,19,20). The van der Waals surface area contributed by atoms with E-state index < -0.39 is 18.1 Å². The fraction of sp³-hybridized carbons (Fsp3) is 0.267. The highest BCUT2D eigenvalue weighted by atomic mass is 16.6. The van der Waals surface area contributed by atoms with Gasteiger partial charge in [-0.05, 0) is 5.56 Å². The molecule has 7 nitrogen and oxygen atoms in total. The van der Waals surface area contributed by atoms with Crippen molar-refractivity contribution in [1.82, 2.24) is 14.7 Å². The molecule has 1 aromatic heterocycles. The number of rotatable bonds is 3. The van der Waals surface area contributed by atoms with Gasteiger partial charge in [0.1, 0.15) is 6.61 Å². The first kappa shape index (κ1) is 14.1. The molecule has 2 aromatic rings. The monoisotopic (exact) mass is 301 g/mol. The molecule has 1 amide bonds. The summed E-state index contributed by atoms with van der Waals surface area (Å²) < 4.78 is 6.81. The minimum absolute atomic E-state index is 0.108. The van der Waals surface area contributed by atoms with Crippen LogP contribution in [-0.4, -0.2) is 31.8 Å². The number of carbonyl (C=O) groups excluding carboxylic acids is 1. The number of aromatic nitrogens is 2. The van der Waals surface area contributed by atoms with Crippen LogP contribution in [-0.2, 0) is 29.7 Å². The van der Waals surface area contributed by atoms with E-state index in [2.05, 4.69) is 5.10 Å². The summed E-state index contributed by atoms with van der Waals surface area (Å²) in [6.45, 7) is 0.285. The van der Waals surface area contributed by atoms with Gasteiger partial charge in [0.05, 0.1) is 18.4 Å². The van der Waals surface area contributed by atoms with E-state index in [0.29, 0.717) is 11.3 Å². The first-order valence-electron chi connectivity index (χ1n) is 6.79. The van der Waals surface area contributed by atoms with E-state index in [9.17, 15) is 14.7 Å². The highest BCUT2D eigenvalue weighted by Crippen LogP contribution is 2.34. The van der Waals surface area contributed by atoms with Crippen molar-refractivity contribution in [1.29, 1.82) is 0 Å². The van der Waals surface area contributed by atoms with Gasteiger partial charge in [-0.2, -0.15) is 5.10 Å². The van der Waals surface area contributed by atoms with Crippen molar-refractivity contribution in [2.24, 2.45) is 7.05 Å². The predicted octanol–water partition coefficient (Wildman–Crippen LogP) is 1.70. The smallest absolute Gasteiger partial charge is 0.411 e. The number of carboxylic acid groups (broad SMARTS) is 1. The quantitative estimate of drug-likeness (QED) is 0.932. The first-order valence-corrected chi connectivity index (χ1v) is 6.79. The summed E-state index contributed by atoms with van der Waals surface area (Å²) in [5, 5.41) is 13.4. The Hall–Kier alpha value is -2.83. The molecule has 22 heavy (non-hydrogen) atoms. The number of aryl methyl sites for hydroxylation is 1. The van der Waals surface area contributed by atoms with E-state index >= 15 is 0 Å². The number of hydrogen-bond acceptors (Lipinski definition) is 4. The van der Waals surface area contributed by atoms with Crippen LogP contribution in [0.1, 0.15) is 22.9 Å². The lowest BCUT2D eigenvalue weighted by Crippen LogP contribution is -2.34. The van der Waals surface area contributed by atoms with Crippen molar-refractivity contribution in [3.63, 3.8) is 0 Å². The zero-order valence-corrected chi connectivity index (χ0v) is 12.0. The van der Waals surface area contributed by atoms with Crippen molar-refractivity contribution >= 4 is 12.1 Å². The molecule has 0 saturated carbocycles. The molecular weight excluding hydrogens is 286 g/mol. The van der Waals surface area contributed by atoms with Crippen molar-refractivity contribution < 1.29 is 19.4 Å². The Morgan fingerprint density at radius 2 is 2.09 bits per heavy atom. The lowest BCUT2D eigenvalue weighted by molar-refractivity contribution is -0.142. The Kier molecular flexibility index (Phi) is 3.54. The Bertz CT molecular complexity index is 711. The highest BCUT2D eigenvalue weighted by Gasteiger charge is 2.41. The van der Waals surface area contributed by atoms with E-state index in [1.54, 1.807) is 11.7 Å². The van der Waals surface area contributed by atoms with Gasteiger partial charge in [0.15, 0.2) is 6.04 Å². The number of nitrogens with zero attached hydrogens (tertiary/aromatic N) is 3. The Morgan fingerprint density at radius 1 is 1.36 bits per heavy atom. The van der Waals surface area contributed by atoms with Crippen LogP contribution in [0.25, 0.3) is 0 Å². The van der Waals surface area contributed by atoms with Crippen molar-refractivity contribution in [2.75, 3.05) is 0 Å².